The second kappa shape index (κ2) is 10.7. The second-order valence-corrected chi connectivity index (χ2v) is 13.1. The molecule has 3 fully saturated rings. The number of carbonyl (C=O) groups excluding carboxylic acids is 2. The van der Waals surface area contributed by atoms with Crippen molar-refractivity contribution in [2.24, 2.45) is 34.5 Å². The summed E-state index contributed by atoms with van der Waals surface area (Å²) in [6.07, 6.45) is 2.76. The first-order valence-corrected chi connectivity index (χ1v) is 13.9. The molecule has 9 nitrogen and oxygen atoms in total. The third-order valence-corrected chi connectivity index (χ3v) is 8.89. The van der Waals surface area contributed by atoms with Crippen LogP contribution in [0.1, 0.15) is 82.6 Å². The van der Waals surface area contributed by atoms with Gasteiger partial charge in [-0.1, -0.05) is 27.7 Å². The summed E-state index contributed by atoms with van der Waals surface area (Å²) < 4.78 is 11.6. The highest BCUT2D eigenvalue weighted by atomic mass is 16.5. The average Bonchev–Trinajstić information content (AvgIpc) is 3.62. The molecule has 0 heterocycles. The minimum absolute atomic E-state index is 0.0199. The fourth-order valence-electron chi connectivity index (χ4n) is 6.22. The van der Waals surface area contributed by atoms with Gasteiger partial charge >= 0.3 is 5.97 Å². The Bertz CT molecular complexity index is 1170. The summed E-state index contributed by atoms with van der Waals surface area (Å²) in [5.41, 5.74) is -0.348. The molecule has 2 amide bonds. The highest BCUT2D eigenvalue weighted by molar-refractivity contribution is 5.98. The number of fused-ring (bicyclic) bond motifs is 1. The molecule has 1 unspecified atom stereocenters. The molecule has 9 heteroatoms. The van der Waals surface area contributed by atoms with E-state index < -0.39 is 11.4 Å². The third-order valence-electron chi connectivity index (χ3n) is 8.89. The van der Waals surface area contributed by atoms with E-state index in [-0.39, 0.29) is 69.8 Å². The van der Waals surface area contributed by atoms with Crippen molar-refractivity contribution in [1.29, 1.82) is 5.26 Å². The number of nitriles is 1. The van der Waals surface area contributed by atoms with Crippen molar-refractivity contribution in [3.05, 3.63) is 23.3 Å². The number of amides is 2. The lowest BCUT2D eigenvalue weighted by Gasteiger charge is -2.34. The predicted octanol–water partition coefficient (Wildman–Crippen LogP) is 4.14. The average molecular weight is 540 g/mol. The van der Waals surface area contributed by atoms with E-state index >= 15 is 0 Å². The van der Waals surface area contributed by atoms with Crippen molar-refractivity contribution in [2.45, 2.75) is 78.9 Å². The maximum atomic E-state index is 13.6. The number of nitrogens with zero attached hydrogens (tertiary/aromatic N) is 1. The molecule has 0 saturated heterocycles. The first-order valence-electron chi connectivity index (χ1n) is 13.9. The lowest BCUT2D eigenvalue weighted by Crippen LogP contribution is -2.49. The van der Waals surface area contributed by atoms with Crippen LogP contribution in [0.2, 0.25) is 0 Å². The third kappa shape index (κ3) is 6.00. The zero-order valence-electron chi connectivity index (χ0n) is 23.8. The molecular formula is C30H41N3O6. The van der Waals surface area contributed by atoms with E-state index in [9.17, 15) is 24.8 Å². The molecule has 212 valence electrons. The lowest BCUT2D eigenvalue weighted by molar-refractivity contribution is -0.150. The van der Waals surface area contributed by atoms with Gasteiger partial charge in [0, 0.05) is 18.7 Å². The molecule has 0 radical (unpaired) electrons. The number of nitrogens with one attached hydrogen (secondary N) is 2. The Morgan fingerprint density at radius 3 is 2.38 bits per heavy atom. The quantitative estimate of drug-likeness (QED) is 0.451. The van der Waals surface area contributed by atoms with Crippen molar-refractivity contribution >= 4 is 17.8 Å². The van der Waals surface area contributed by atoms with E-state index in [1.807, 2.05) is 0 Å². The monoisotopic (exact) mass is 539 g/mol. The number of hydrogen-bond acceptors (Lipinski definition) is 6. The minimum atomic E-state index is -0.814. The lowest BCUT2D eigenvalue weighted by atomic mass is 9.75. The maximum absolute atomic E-state index is 13.6. The summed E-state index contributed by atoms with van der Waals surface area (Å²) in [5, 5.41) is 25.5. The largest absolute Gasteiger partial charge is 0.496 e. The molecule has 3 aliphatic rings. The van der Waals surface area contributed by atoms with Gasteiger partial charge in [0.2, 0.25) is 5.91 Å². The molecule has 0 aliphatic heterocycles. The molecule has 0 spiro atoms. The van der Waals surface area contributed by atoms with Crippen LogP contribution in [0.4, 0.5) is 0 Å². The zero-order valence-corrected chi connectivity index (χ0v) is 23.8. The Hall–Kier alpha value is -3.28. The van der Waals surface area contributed by atoms with Crippen molar-refractivity contribution in [1.82, 2.24) is 10.6 Å². The van der Waals surface area contributed by atoms with Crippen LogP contribution in [0.5, 0.6) is 11.5 Å². The van der Waals surface area contributed by atoms with Gasteiger partial charge in [0.15, 0.2) is 0 Å². The summed E-state index contributed by atoms with van der Waals surface area (Å²) in [4.78, 5) is 38.4. The summed E-state index contributed by atoms with van der Waals surface area (Å²) in [6.45, 7) is 10.6. The Balaban J connectivity index is 1.52. The molecule has 0 aromatic heterocycles. The van der Waals surface area contributed by atoms with Crippen LogP contribution in [-0.2, 0) is 9.59 Å². The van der Waals surface area contributed by atoms with Gasteiger partial charge in [0.1, 0.15) is 17.6 Å². The van der Waals surface area contributed by atoms with E-state index in [0.717, 1.165) is 6.42 Å². The van der Waals surface area contributed by atoms with E-state index in [1.54, 1.807) is 6.92 Å². The molecule has 1 aromatic rings. The van der Waals surface area contributed by atoms with Gasteiger partial charge in [-0.3, -0.25) is 14.4 Å². The fraction of sp³-hybridized carbons (Fsp3) is 0.667. The normalized spacial score (nSPS) is 31.4. The number of hydrogen-bond donors (Lipinski definition) is 3. The van der Waals surface area contributed by atoms with Crippen molar-refractivity contribution in [2.75, 3.05) is 13.7 Å². The van der Waals surface area contributed by atoms with Crippen LogP contribution in [0.25, 0.3) is 0 Å². The SMILES string of the molecule is COc1cc(C#N)c(OC2CCC(C)(C(=O)O)CC2)cc1C(=O)N[C@H]1[C@@H](C(=O)NCC(C)(C)C)[C@H]2CC2[C@@H]1C. The van der Waals surface area contributed by atoms with Crippen molar-refractivity contribution in [3.8, 4) is 17.6 Å². The van der Waals surface area contributed by atoms with Gasteiger partial charge < -0.3 is 25.2 Å². The Morgan fingerprint density at radius 2 is 1.82 bits per heavy atom. The number of rotatable bonds is 8. The molecule has 1 aromatic carbocycles. The molecule has 5 atom stereocenters. The maximum Gasteiger partial charge on any atom is 0.309 e. The van der Waals surface area contributed by atoms with Gasteiger partial charge in [-0.2, -0.15) is 5.26 Å². The summed E-state index contributed by atoms with van der Waals surface area (Å²) >= 11 is 0. The number of aliphatic carboxylic acids is 1. The van der Waals surface area contributed by atoms with Crippen molar-refractivity contribution in [3.63, 3.8) is 0 Å². The van der Waals surface area contributed by atoms with E-state index in [4.69, 9.17) is 9.47 Å². The van der Waals surface area contributed by atoms with Crippen LogP contribution < -0.4 is 20.1 Å². The topological polar surface area (TPSA) is 138 Å². The van der Waals surface area contributed by atoms with E-state index in [2.05, 4.69) is 44.4 Å². The Morgan fingerprint density at radius 1 is 1.15 bits per heavy atom. The number of carboxylic acids is 1. The van der Waals surface area contributed by atoms with Gasteiger partial charge in [-0.15, -0.1) is 0 Å². The predicted molar refractivity (Wildman–Crippen MR) is 144 cm³/mol. The second-order valence-electron chi connectivity index (χ2n) is 13.1. The summed E-state index contributed by atoms with van der Waals surface area (Å²) in [7, 11) is 1.44. The van der Waals surface area contributed by atoms with Gasteiger partial charge in [0.05, 0.1) is 35.7 Å². The van der Waals surface area contributed by atoms with E-state index in [1.165, 1.54) is 19.2 Å². The number of methoxy groups -OCH3 is 1. The van der Waals surface area contributed by atoms with Gasteiger partial charge in [-0.25, -0.2) is 0 Å². The zero-order chi connectivity index (χ0) is 28.7. The summed E-state index contributed by atoms with van der Waals surface area (Å²) in [5.74, 6) is -0.121. The number of ether oxygens (including phenoxy) is 2. The fourth-order valence-corrected chi connectivity index (χ4v) is 6.22. The molecule has 3 N–H and O–H groups in total. The highest BCUT2D eigenvalue weighted by Crippen LogP contribution is 2.58. The first-order chi connectivity index (χ1) is 18.3. The summed E-state index contributed by atoms with van der Waals surface area (Å²) in [6, 6.07) is 4.84. The molecule has 39 heavy (non-hydrogen) atoms. The van der Waals surface area contributed by atoms with Crippen LogP contribution in [0.15, 0.2) is 12.1 Å². The van der Waals surface area contributed by atoms with Gasteiger partial charge in [-0.05, 0) is 68.3 Å². The molecule has 0 bridgehead atoms. The molecular weight excluding hydrogens is 498 g/mol. The Labute approximate surface area is 230 Å². The minimum Gasteiger partial charge on any atom is -0.496 e. The molecule has 4 rings (SSSR count). The smallest absolute Gasteiger partial charge is 0.309 e. The van der Waals surface area contributed by atoms with Gasteiger partial charge in [0.25, 0.3) is 5.91 Å². The van der Waals surface area contributed by atoms with Crippen molar-refractivity contribution < 1.29 is 29.0 Å². The van der Waals surface area contributed by atoms with Crippen LogP contribution in [0.3, 0.4) is 0 Å². The van der Waals surface area contributed by atoms with Crippen LogP contribution >= 0.6 is 0 Å². The number of carboxylic acid groups (broad SMARTS) is 1. The molecule has 3 saturated carbocycles. The number of benzene rings is 1. The standard InChI is InChI=1S/C30H41N3O6/c1-16-19-12-20(19)24(27(35)32-15-29(2,3)4)25(16)33-26(34)21-13-22(17(14-31)11-23(21)38-6)39-18-7-9-30(5,10-8-18)28(36)37/h11,13,16,18-20,24-25H,7-10,12,15H2,1-6H3,(H,32,35)(H,33,34)(H,36,37)/t16-,18?,19?,20-,24-,25+,30?/m0/s1. The molecule has 3 aliphatic carbocycles. The first kappa shape index (κ1) is 28.7. The highest BCUT2D eigenvalue weighted by Gasteiger charge is 2.60. The van der Waals surface area contributed by atoms with Crippen LogP contribution in [0, 0.1) is 45.8 Å². The number of carbonyl (C=O) groups is 3. The van der Waals surface area contributed by atoms with Crippen LogP contribution in [-0.4, -0.2) is 48.7 Å². The van der Waals surface area contributed by atoms with E-state index in [0.29, 0.717) is 38.1 Å². The Kier molecular flexibility index (Phi) is 7.89.